The monoisotopic (exact) mass is 292 g/mol. The SMILES string of the molecule is CC(C)(CCO)NS(=O)(=O)c1ccc(Cl)cc1N. The molecule has 0 atom stereocenters. The molecule has 18 heavy (non-hydrogen) atoms. The molecule has 0 spiro atoms. The number of nitrogens with two attached hydrogens (primary N) is 1. The first-order valence-corrected chi connectivity index (χ1v) is 7.24. The van der Waals surface area contributed by atoms with Crippen LogP contribution in [0.15, 0.2) is 23.1 Å². The molecule has 0 aliphatic heterocycles. The van der Waals surface area contributed by atoms with Crippen LogP contribution in [0.5, 0.6) is 0 Å². The molecule has 0 fully saturated rings. The quantitative estimate of drug-likeness (QED) is 0.715. The van der Waals surface area contributed by atoms with Crippen molar-refractivity contribution in [2.75, 3.05) is 12.3 Å². The Bertz CT molecular complexity index is 529. The Hall–Kier alpha value is -0.820. The molecule has 102 valence electrons. The molecule has 0 amide bonds. The molecule has 1 aromatic rings. The molecular weight excluding hydrogens is 276 g/mol. The van der Waals surface area contributed by atoms with Crippen molar-refractivity contribution in [3.05, 3.63) is 23.2 Å². The van der Waals surface area contributed by atoms with Crippen LogP contribution in [0, 0.1) is 0 Å². The van der Waals surface area contributed by atoms with Crippen molar-refractivity contribution in [1.29, 1.82) is 0 Å². The number of sulfonamides is 1. The number of aliphatic hydroxyl groups is 1. The lowest BCUT2D eigenvalue weighted by Gasteiger charge is -2.25. The first-order valence-electron chi connectivity index (χ1n) is 5.38. The minimum absolute atomic E-state index is 0.0158. The number of benzene rings is 1. The average molecular weight is 293 g/mol. The third-order valence-corrected chi connectivity index (χ3v) is 4.42. The summed E-state index contributed by atoms with van der Waals surface area (Å²) in [6.07, 6.45) is 0.305. The Morgan fingerprint density at radius 3 is 2.56 bits per heavy atom. The average Bonchev–Trinajstić information content (AvgIpc) is 2.14. The summed E-state index contributed by atoms with van der Waals surface area (Å²) in [5, 5.41) is 9.26. The molecule has 4 N–H and O–H groups in total. The van der Waals surface area contributed by atoms with Crippen molar-refractivity contribution in [2.45, 2.75) is 30.7 Å². The van der Waals surface area contributed by atoms with Crippen LogP contribution >= 0.6 is 11.6 Å². The minimum atomic E-state index is -3.73. The third kappa shape index (κ3) is 3.84. The van der Waals surface area contributed by atoms with Gasteiger partial charge in [-0.2, -0.15) is 0 Å². The molecular formula is C11H17ClN2O3S. The van der Waals surface area contributed by atoms with E-state index in [1.54, 1.807) is 13.8 Å². The summed E-state index contributed by atoms with van der Waals surface area (Å²) >= 11 is 5.72. The van der Waals surface area contributed by atoms with Gasteiger partial charge in [-0.15, -0.1) is 0 Å². The van der Waals surface area contributed by atoms with Gasteiger partial charge in [0.2, 0.25) is 10.0 Å². The lowest BCUT2D eigenvalue weighted by molar-refractivity contribution is 0.246. The molecule has 0 aromatic heterocycles. The second-order valence-electron chi connectivity index (χ2n) is 4.65. The summed E-state index contributed by atoms with van der Waals surface area (Å²) in [7, 11) is -3.73. The van der Waals surface area contributed by atoms with Gasteiger partial charge in [0, 0.05) is 17.2 Å². The maximum Gasteiger partial charge on any atom is 0.243 e. The third-order valence-electron chi connectivity index (χ3n) is 2.41. The number of hydrogen-bond acceptors (Lipinski definition) is 4. The second-order valence-corrected chi connectivity index (χ2v) is 6.73. The Kier molecular flexibility index (Phi) is 4.61. The fourth-order valence-corrected chi connectivity index (χ4v) is 3.25. The lowest BCUT2D eigenvalue weighted by Crippen LogP contribution is -2.44. The Balaban J connectivity index is 3.07. The van der Waals surface area contributed by atoms with Crippen LogP contribution in [0.4, 0.5) is 5.69 Å². The van der Waals surface area contributed by atoms with E-state index in [4.69, 9.17) is 22.4 Å². The normalized spacial score (nSPS) is 12.7. The van der Waals surface area contributed by atoms with Crippen molar-refractivity contribution in [3.8, 4) is 0 Å². The van der Waals surface area contributed by atoms with Gasteiger partial charge in [-0.25, -0.2) is 13.1 Å². The summed E-state index contributed by atoms with van der Waals surface area (Å²) in [5.41, 5.74) is 4.99. The van der Waals surface area contributed by atoms with Crippen LogP contribution < -0.4 is 10.5 Å². The van der Waals surface area contributed by atoms with E-state index in [1.165, 1.54) is 18.2 Å². The molecule has 7 heteroatoms. The fraction of sp³-hybridized carbons (Fsp3) is 0.455. The van der Waals surface area contributed by atoms with Gasteiger partial charge >= 0.3 is 0 Å². The highest BCUT2D eigenvalue weighted by Gasteiger charge is 2.27. The molecule has 5 nitrogen and oxygen atoms in total. The van der Waals surface area contributed by atoms with Gasteiger partial charge in [-0.1, -0.05) is 11.6 Å². The molecule has 0 unspecified atom stereocenters. The zero-order chi connectivity index (χ0) is 14.0. The van der Waals surface area contributed by atoms with Crippen LogP contribution in [-0.2, 0) is 10.0 Å². The molecule has 0 aliphatic carbocycles. The van der Waals surface area contributed by atoms with Crippen LogP contribution in [0.25, 0.3) is 0 Å². The largest absolute Gasteiger partial charge is 0.398 e. The van der Waals surface area contributed by atoms with Gasteiger partial charge in [0.15, 0.2) is 0 Å². The highest BCUT2D eigenvalue weighted by molar-refractivity contribution is 7.89. The molecule has 0 bridgehead atoms. The molecule has 0 radical (unpaired) electrons. The van der Waals surface area contributed by atoms with E-state index < -0.39 is 15.6 Å². The Morgan fingerprint density at radius 1 is 1.44 bits per heavy atom. The Morgan fingerprint density at radius 2 is 2.06 bits per heavy atom. The molecule has 1 rings (SSSR count). The second kappa shape index (κ2) is 5.44. The zero-order valence-corrected chi connectivity index (χ0v) is 11.8. The summed E-state index contributed by atoms with van der Waals surface area (Å²) < 4.78 is 26.8. The molecule has 0 heterocycles. The van der Waals surface area contributed by atoms with Crippen molar-refractivity contribution < 1.29 is 13.5 Å². The van der Waals surface area contributed by atoms with E-state index in [0.717, 1.165) is 0 Å². The van der Waals surface area contributed by atoms with Crippen molar-refractivity contribution in [3.63, 3.8) is 0 Å². The smallest absolute Gasteiger partial charge is 0.243 e. The number of nitrogen functional groups attached to an aromatic ring is 1. The number of aliphatic hydroxyl groups excluding tert-OH is 1. The Labute approximate surface area is 112 Å². The number of hydrogen-bond donors (Lipinski definition) is 3. The standard InChI is InChI=1S/C11H17ClN2O3S/c1-11(2,5-6-15)14-18(16,17)10-4-3-8(12)7-9(10)13/h3-4,7,14-15H,5-6,13H2,1-2H3. The van der Waals surface area contributed by atoms with E-state index in [0.29, 0.717) is 11.4 Å². The highest BCUT2D eigenvalue weighted by atomic mass is 35.5. The van der Waals surface area contributed by atoms with Crippen LogP contribution in [0.3, 0.4) is 0 Å². The van der Waals surface area contributed by atoms with Crippen LogP contribution in [0.1, 0.15) is 20.3 Å². The number of halogens is 1. The molecule has 0 saturated heterocycles. The van der Waals surface area contributed by atoms with Crippen LogP contribution in [0.2, 0.25) is 5.02 Å². The zero-order valence-electron chi connectivity index (χ0n) is 10.3. The van der Waals surface area contributed by atoms with E-state index >= 15 is 0 Å². The van der Waals surface area contributed by atoms with Crippen molar-refractivity contribution >= 4 is 27.3 Å². The number of nitrogens with one attached hydrogen (secondary N) is 1. The van der Waals surface area contributed by atoms with Crippen molar-refractivity contribution in [2.24, 2.45) is 0 Å². The number of rotatable bonds is 5. The summed E-state index contributed by atoms with van der Waals surface area (Å²) in [6, 6.07) is 4.20. The predicted molar refractivity (Wildman–Crippen MR) is 72.0 cm³/mol. The van der Waals surface area contributed by atoms with E-state index in [1.807, 2.05) is 0 Å². The van der Waals surface area contributed by atoms with Gasteiger partial charge in [-0.05, 0) is 38.5 Å². The number of anilines is 1. The molecule has 0 aliphatic rings. The van der Waals surface area contributed by atoms with Crippen LogP contribution in [-0.4, -0.2) is 25.7 Å². The summed E-state index contributed by atoms with van der Waals surface area (Å²) in [4.78, 5) is -0.0158. The minimum Gasteiger partial charge on any atom is -0.398 e. The maximum absolute atomic E-state index is 12.1. The predicted octanol–water partition coefficient (Wildman–Crippen LogP) is 1.36. The topological polar surface area (TPSA) is 92.4 Å². The first kappa shape index (κ1) is 15.2. The van der Waals surface area contributed by atoms with Gasteiger partial charge in [0.1, 0.15) is 4.90 Å². The van der Waals surface area contributed by atoms with Gasteiger partial charge < -0.3 is 10.8 Å². The van der Waals surface area contributed by atoms with E-state index in [2.05, 4.69) is 4.72 Å². The summed E-state index contributed by atoms with van der Waals surface area (Å²) in [6.45, 7) is 3.27. The molecule has 0 saturated carbocycles. The fourth-order valence-electron chi connectivity index (χ4n) is 1.51. The van der Waals surface area contributed by atoms with E-state index in [-0.39, 0.29) is 17.2 Å². The highest BCUT2D eigenvalue weighted by Crippen LogP contribution is 2.24. The first-order chi connectivity index (χ1) is 8.18. The molecule has 1 aromatic carbocycles. The maximum atomic E-state index is 12.1. The van der Waals surface area contributed by atoms with E-state index in [9.17, 15) is 8.42 Å². The van der Waals surface area contributed by atoms with Gasteiger partial charge in [-0.3, -0.25) is 0 Å². The van der Waals surface area contributed by atoms with Gasteiger partial charge in [0.05, 0.1) is 5.69 Å². The lowest BCUT2D eigenvalue weighted by atomic mass is 10.0. The van der Waals surface area contributed by atoms with Gasteiger partial charge in [0.25, 0.3) is 0 Å². The van der Waals surface area contributed by atoms with Crippen molar-refractivity contribution in [1.82, 2.24) is 4.72 Å². The summed E-state index contributed by atoms with van der Waals surface area (Å²) in [5.74, 6) is 0.